The van der Waals surface area contributed by atoms with Gasteiger partial charge in [0.05, 0.1) is 17.7 Å². The normalized spacial score (nSPS) is 26.6. The minimum Gasteiger partial charge on any atom is -0.461 e. The smallest absolute Gasteiger partial charge is 0.459 e. The summed E-state index contributed by atoms with van der Waals surface area (Å²) in [6.07, 6.45) is 0.330. The van der Waals surface area contributed by atoms with E-state index in [4.69, 9.17) is 35.9 Å². The van der Waals surface area contributed by atoms with Crippen molar-refractivity contribution >= 4 is 31.1 Å². The monoisotopic (exact) mass is 611 g/mol. The van der Waals surface area contributed by atoms with Crippen molar-refractivity contribution in [2.75, 3.05) is 12.3 Å². The maximum Gasteiger partial charge on any atom is 0.459 e. The molecule has 1 aliphatic carbocycles. The minimum absolute atomic E-state index is 0.00513. The number of benzene rings is 1. The molecule has 0 spiro atoms. The average Bonchev–Trinajstić information content (AvgIpc) is 3.51. The molecule has 6 atom stereocenters. The number of para-hydroxylation sites is 1. The lowest BCUT2D eigenvalue weighted by Crippen LogP contribution is -2.45. The van der Waals surface area contributed by atoms with E-state index in [1.165, 1.54) is 38.2 Å². The van der Waals surface area contributed by atoms with Crippen LogP contribution in [0.2, 0.25) is 5.02 Å². The molecule has 2 heterocycles. The van der Waals surface area contributed by atoms with E-state index in [2.05, 4.69) is 20.1 Å². The minimum atomic E-state index is -4.39. The van der Waals surface area contributed by atoms with E-state index in [-0.39, 0.29) is 22.7 Å². The van der Waals surface area contributed by atoms with Crippen LogP contribution in [-0.2, 0) is 23.4 Å². The fraction of sp³-hybridized carbons (Fsp3) is 0.542. The van der Waals surface area contributed by atoms with Gasteiger partial charge in [-0.2, -0.15) is 10.1 Å². The van der Waals surface area contributed by atoms with Gasteiger partial charge in [-0.1, -0.05) is 28.8 Å². The average molecular weight is 612 g/mol. The highest BCUT2D eigenvalue weighted by molar-refractivity contribution is 7.52. The number of azide groups is 1. The molecule has 1 aliphatic heterocycles. The lowest BCUT2D eigenvalue weighted by Gasteiger charge is -2.28. The van der Waals surface area contributed by atoms with Crippen molar-refractivity contribution in [2.24, 2.45) is 5.11 Å². The maximum absolute atomic E-state index is 14.0. The maximum atomic E-state index is 14.0. The van der Waals surface area contributed by atoms with Gasteiger partial charge in [0.1, 0.15) is 35.4 Å². The van der Waals surface area contributed by atoms with E-state index in [0.29, 0.717) is 0 Å². The van der Waals surface area contributed by atoms with Crippen LogP contribution in [0.15, 0.2) is 46.4 Å². The van der Waals surface area contributed by atoms with E-state index in [0.717, 1.165) is 30.3 Å². The first kappa shape index (κ1) is 30.8. The molecule has 2 aromatic rings. The highest BCUT2D eigenvalue weighted by Crippen LogP contribution is 2.49. The zero-order chi connectivity index (χ0) is 29.8. The van der Waals surface area contributed by atoms with Gasteiger partial charge in [-0.25, -0.2) is 9.36 Å². The van der Waals surface area contributed by atoms with Gasteiger partial charge < -0.3 is 24.8 Å². The van der Waals surface area contributed by atoms with Crippen molar-refractivity contribution in [3.05, 3.63) is 62.5 Å². The molecule has 17 heteroatoms. The van der Waals surface area contributed by atoms with Crippen molar-refractivity contribution in [3.8, 4) is 5.75 Å². The Labute approximate surface area is 240 Å². The number of nitrogen functional groups attached to an aromatic ring is 1. The summed E-state index contributed by atoms with van der Waals surface area (Å²) in [6.45, 7) is 2.24. The number of nitrogens with one attached hydrogen (secondary N) is 1. The summed E-state index contributed by atoms with van der Waals surface area (Å²) >= 11 is 6.20. The number of aliphatic hydroxyl groups is 1. The standard InChI is InChI=1S/C24H31ClN7O8P/c1-14(21(34)38-15-7-3-4-8-15)29-41(36,40-17-10-6-5-9-16(17)25)37-13-18-20(33)24(2,30-31-27)22(39-18)32-12-11-19(26)28-23(32)35/h5-6,9-12,14-15,18,20,22,33H,3-4,7-8,13H2,1-2H3,(H,29,36)(H2,26,28,35)/t14-,18+,20+,22+,24+,41?/m0/s1. The summed E-state index contributed by atoms with van der Waals surface area (Å²) in [5, 5.41) is 17.5. The van der Waals surface area contributed by atoms with Crippen molar-refractivity contribution in [1.82, 2.24) is 14.6 Å². The van der Waals surface area contributed by atoms with Crippen LogP contribution >= 0.6 is 19.3 Å². The molecule has 1 saturated carbocycles. The molecule has 4 rings (SSSR count). The molecule has 222 valence electrons. The number of nitrogens with zero attached hydrogens (tertiary/aromatic N) is 5. The van der Waals surface area contributed by atoms with Crippen LogP contribution in [0.5, 0.6) is 5.75 Å². The molecule has 0 bridgehead atoms. The van der Waals surface area contributed by atoms with Gasteiger partial charge in [-0.05, 0) is 63.3 Å². The fourth-order valence-corrected chi connectivity index (χ4v) is 6.41. The summed E-state index contributed by atoms with van der Waals surface area (Å²) in [7, 11) is -4.39. The molecule has 41 heavy (non-hydrogen) atoms. The van der Waals surface area contributed by atoms with Crippen LogP contribution < -0.4 is 21.0 Å². The second-order valence-corrected chi connectivity index (χ2v) is 12.0. The number of hydrogen-bond donors (Lipinski definition) is 3. The molecular weight excluding hydrogens is 581 g/mol. The number of esters is 1. The molecule has 1 unspecified atom stereocenters. The molecule has 15 nitrogen and oxygen atoms in total. The largest absolute Gasteiger partial charge is 0.461 e. The van der Waals surface area contributed by atoms with Crippen LogP contribution in [0.1, 0.15) is 45.8 Å². The number of anilines is 1. The number of ether oxygens (including phenoxy) is 2. The summed E-state index contributed by atoms with van der Waals surface area (Å²) in [6, 6.07) is 6.43. The van der Waals surface area contributed by atoms with Gasteiger partial charge >= 0.3 is 19.4 Å². The molecule has 0 radical (unpaired) electrons. The van der Waals surface area contributed by atoms with E-state index >= 15 is 0 Å². The first-order valence-corrected chi connectivity index (χ1v) is 14.8. The highest BCUT2D eigenvalue weighted by Gasteiger charge is 2.55. The topological polar surface area (TPSA) is 213 Å². The number of carbonyl (C=O) groups is 1. The van der Waals surface area contributed by atoms with Crippen LogP contribution in [0.4, 0.5) is 5.82 Å². The van der Waals surface area contributed by atoms with E-state index < -0.39 is 56.0 Å². The summed E-state index contributed by atoms with van der Waals surface area (Å²) in [4.78, 5) is 31.7. The molecular formula is C24H31ClN7O8P. The fourth-order valence-electron chi connectivity index (χ4n) is 4.66. The zero-order valence-electron chi connectivity index (χ0n) is 22.3. The quantitative estimate of drug-likeness (QED) is 0.110. The van der Waals surface area contributed by atoms with Crippen molar-refractivity contribution in [3.63, 3.8) is 0 Å². The first-order chi connectivity index (χ1) is 19.5. The third-order valence-electron chi connectivity index (χ3n) is 6.87. The Morgan fingerprint density at radius 1 is 1.41 bits per heavy atom. The number of halogens is 1. The van der Waals surface area contributed by atoms with Crippen LogP contribution in [0, 0.1) is 0 Å². The molecule has 4 N–H and O–H groups in total. The molecule has 2 fully saturated rings. The van der Waals surface area contributed by atoms with Gasteiger partial charge in [0.25, 0.3) is 0 Å². The number of aromatic nitrogens is 2. The van der Waals surface area contributed by atoms with Crippen LogP contribution in [0.3, 0.4) is 0 Å². The second-order valence-electron chi connectivity index (χ2n) is 9.94. The molecule has 0 amide bonds. The number of aliphatic hydroxyl groups excluding tert-OH is 1. The lowest BCUT2D eigenvalue weighted by atomic mass is 9.93. The third kappa shape index (κ3) is 7.02. The van der Waals surface area contributed by atoms with E-state index in [1.807, 2.05) is 0 Å². The summed E-state index contributed by atoms with van der Waals surface area (Å²) in [5.74, 6) is -0.683. The number of hydrogen-bond acceptors (Lipinski definition) is 11. The van der Waals surface area contributed by atoms with Crippen LogP contribution in [0.25, 0.3) is 10.4 Å². The summed E-state index contributed by atoms with van der Waals surface area (Å²) in [5.41, 5.74) is 12.2. The molecule has 1 aromatic heterocycles. The molecule has 1 aromatic carbocycles. The Kier molecular flexibility index (Phi) is 9.60. The van der Waals surface area contributed by atoms with Gasteiger partial charge in [-0.3, -0.25) is 13.9 Å². The van der Waals surface area contributed by atoms with E-state index in [1.54, 1.807) is 12.1 Å². The number of rotatable bonds is 11. The van der Waals surface area contributed by atoms with Gasteiger partial charge in [0.2, 0.25) is 0 Å². The SMILES string of the molecule is C[C@H](NP(=O)(OC[C@H]1O[C@@H](n2ccc(N)nc2=O)[C@](C)(N=[N+]=[N-])[C@@H]1O)Oc1ccccc1Cl)C(=O)OC1CCCC1. The van der Waals surface area contributed by atoms with Gasteiger partial charge in [0.15, 0.2) is 6.23 Å². The van der Waals surface area contributed by atoms with E-state index in [9.17, 15) is 24.8 Å². The predicted octanol–water partition coefficient (Wildman–Crippen LogP) is 3.47. The van der Waals surface area contributed by atoms with Crippen molar-refractivity contribution in [1.29, 1.82) is 0 Å². The number of carbonyl (C=O) groups excluding carboxylic acids is 1. The molecule has 2 aliphatic rings. The highest BCUT2D eigenvalue weighted by atomic mass is 35.5. The Balaban J connectivity index is 1.56. The first-order valence-electron chi connectivity index (χ1n) is 12.9. The Hall–Kier alpha value is -3.16. The van der Waals surface area contributed by atoms with Crippen molar-refractivity contribution < 1.29 is 33.0 Å². The van der Waals surface area contributed by atoms with Crippen molar-refractivity contribution in [2.45, 2.75) is 75.7 Å². The zero-order valence-corrected chi connectivity index (χ0v) is 24.0. The van der Waals surface area contributed by atoms with Gasteiger partial charge in [-0.15, -0.1) is 0 Å². The van der Waals surface area contributed by atoms with Gasteiger partial charge in [0, 0.05) is 11.1 Å². The second kappa shape index (κ2) is 12.8. The number of nitrogens with two attached hydrogens (primary N) is 1. The Morgan fingerprint density at radius 3 is 2.78 bits per heavy atom. The predicted molar refractivity (Wildman–Crippen MR) is 147 cm³/mol. The summed E-state index contributed by atoms with van der Waals surface area (Å²) < 4.78 is 37.7. The Morgan fingerprint density at radius 2 is 2.12 bits per heavy atom. The third-order valence-corrected chi connectivity index (χ3v) is 8.82. The lowest BCUT2D eigenvalue weighted by molar-refractivity contribution is -0.150. The van der Waals surface area contributed by atoms with Crippen LogP contribution in [-0.4, -0.2) is 57.1 Å². The molecule has 1 saturated heterocycles. The Bertz CT molecular complexity index is 1420.